The van der Waals surface area contributed by atoms with Crippen molar-refractivity contribution in [2.75, 3.05) is 0 Å². The van der Waals surface area contributed by atoms with Gasteiger partial charge in [0.2, 0.25) is 0 Å². The second kappa shape index (κ2) is 6.25. The van der Waals surface area contributed by atoms with Crippen LogP contribution in [0, 0.1) is 0 Å². The van der Waals surface area contributed by atoms with Gasteiger partial charge in [-0.15, -0.1) is 5.10 Å². The minimum atomic E-state index is -0.885. The smallest absolute Gasteiger partial charge is 0.322 e. The molecule has 4 amide bonds. The molecule has 134 valence electrons. The van der Waals surface area contributed by atoms with Gasteiger partial charge in [-0.3, -0.25) is 15.0 Å². The first kappa shape index (κ1) is 16.2. The molecule has 1 spiro atoms. The molecular weight excluding hydrogens is 336 g/mol. The van der Waals surface area contributed by atoms with Gasteiger partial charge in [0.1, 0.15) is 5.54 Å². The van der Waals surface area contributed by atoms with Crippen LogP contribution in [0.2, 0.25) is 0 Å². The zero-order valence-corrected chi connectivity index (χ0v) is 14.0. The number of rotatable bonds is 3. The van der Waals surface area contributed by atoms with Crippen LogP contribution in [-0.2, 0) is 4.79 Å². The molecule has 1 aromatic carbocycles. The number of imide groups is 1. The molecule has 9 heteroatoms. The molecule has 2 aliphatic rings. The molecule has 1 aliphatic heterocycles. The number of hydrazine groups is 1. The van der Waals surface area contributed by atoms with Gasteiger partial charge in [0, 0.05) is 0 Å². The van der Waals surface area contributed by atoms with Gasteiger partial charge in [-0.1, -0.05) is 37.5 Å². The van der Waals surface area contributed by atoms with Crippen molar-refractivity contribution < 1.29 is 14.4 Å². The van der Waals surface area contributed by atoms with Gasteiger partial charge < -0.3 is 5.32 Å². The summed E-state index contributed by atoms with van der Waals surface area (Å²) in [6.07, 6.45) is 5.26. The lowest BCUT2D eigenvalue weighted by Gasteiger charge is -2.30. The molecule has 2 aromatic rings. The van der Waals surface area contributed by atoms with Gasteiger partial charge >= 0.3 is 6.03 Å². The lowest BCUT2D eigenvalue weighted by Crippen LogP contribution is -2.51. The van der Waals surface area contributed by atoms with Crippen molar-refractivity contribution in [1.82, 2.24) is 30.7 Å². The topological polar surface area (TPSA) is 109 Å². The van der Waals surface area contributed by atoms with Crippen LogP contribution >= 0.6 is 0 Å². The van der Waals surface area contributed by atoms with Gasteiger partial charge in [0.05, 0.1) is 11.9 Å². The highest BCUT2D eigenvalue weighted by molar-refractivity contribution is 6.09. The summed E-state index contributed by atoms with van der Waals surface area (Å²) in [4.78, 5) is 38.6. The Morgan fingerprint density at radius 2 is 1.85 bits per heavy atom. The highest BCUT2D eigenvalue weighted by Crippen LogP contribution is 2.33. The molecule has 1 aliphatic carbocycles. The van der Waals surface area contributed by atoms with E-state index in [1.165, 1.54) is 11.0 Å². The molecule has 1 saturated heterocycles. The minimum Gasteiger partial charge on any atom is -0.322 e. The van der Waals surface area contributed by atoms with Gasteiger partial charge in [-0.25, -0.2) is 4.79 Å². The highest BCUT2D eigenvalue weighted by Gasteiger charge is 2.52. The van der Waals surface area contributed by atoms with E-state index >= 15 is 0 Å². The van der Waals surface area contributed by atoms with Gasteiger partial charge in [0.15, 0.2) is 5.69 Å². The summed E-state index contributed by atoms with van der Waals surface area (Å²) >= 11 is 0. The molecule has 1 aromatic heterocycles. The quantitative estimate of drug-likeness (QED) is 0.804. The Balaban J connectivity index is 1.49. The van der Waals surface area contributed by atoms with Crippen molar-refractivity contribution in [3.8, 4) is 5.69 Å². The maximum atomic E-state index is 12.7. The summed E-state index contributed by atoms with van der Waals surface area (Å²) in [6.45, 7) is 0. The lowest BCUT2D eigenvalue weighted by atomic mass is 9.82. The number of carbonyl (C=O) groups is 3. The van der Waals surface area contributed by atoms with E-state index in [2.05, 4.69) is 20.9 Å². The predicted molar refractivity (Wildman–Crippen MR) is 90.0 cm³/mol. The van der Waals surface area contributed by atoms with E-state index in [0.29, 0.717) is 18.5 Å². The van der Waals surface area contributed by atoms with E-state index in [1.54, 1.807) is 12.1 Å². The van der Waals surface area contributed by atoms with E-state index in [-0.39, 0.29) is 5.69 Å². The first-order valence-corrected chi connectivity index (χ1v) is 8.55. The van der Waals surface area contributed by atoms with Crippen LogP contribution < -0.4 is 10.7 Å². The van der Waals surface area contributed by atoms with Crippen LogP contribution in [-0.4, -0.2) is 43.4 Å². The number of hydrogen-bond donors (Lipinski definition) is 2. The van der Waals surface area contributed by atoms with Crippen LogP contribution in [0.4, 0.5) is 4.79 Å². The van der Waals surface area contributed by atoms with Crippen LogP contribution in [0.3, 0.4) is 0 Å². The van der Waals surface area contributed by atoms with Crippen molar-refractivity contribution >= 4 is 17.8 Å². The molecule has 0 unspecified atom stereocenters. The van der Waals surface area contributed by atoms with Crippen LogP contribution in [0.5, 0.6) is 0 Å². The van der Waals surface area contributed by atoms with Crippen molar-refractivity contribution in [2.45, 2.75) is 37.6 Å². The number of benzene rings is 1. The number of para-hydroxylation sites is 1. The first-order chi connectivity index (χ1) is 12.6. The fourth-order valence-corrected chi connectivity index (χ4v) is 3.43. The number of amides is 4. The zero-order valence-electron chi connectivity index (χ0n) is 14.0. The number of aromatic nitrogens is 3. The number of hydrogen-bond acceptors (Lipinski definition) is 5. The average Bonchev–Trinajstić information content (AvgIpc) is 3.24. The lowest BCUT2D eigenvalue weighted by molar-refractivity contribution is -0.134. The molecule has 2 heterocycles. The number of urea groups is 1. The van der Waals surface area contributed by atoms with Crippen LogP contribution in [0.25, 0.3) is 5.69 Å². The van der Waals surface area contributed by atoms with Crippen molar-refractivity contribution in [1.29, 1.82) is 0 Å². The molecule has 0 bridgehead atoms. The second-order valence-corrected chi connectivity index (χ2v) is 6.51. The average molecular weight is 354 g/mol. The second-order valence-electron chi connectivity index (χ2n) is 6.51. The third-order valence-electron chi connectivity index (χ3n) is 4.79. The minimum absolute atomic E-state index is 0.0130. The summed E-state index contributed by atoms with van der Waals surface area (Å²) in [6, 6.07) is 8.50. The van der Waals surface area contributed by atoms with E-state index in [4.69, 9.17) is 0 Å². The number of nitrogens with one attached hydrogen (secondary N) is 2. The Kier molecular flexibility index (Phi) is 3.90. The Labute approximate surface area is 149 Å². The Bertz CT molecular complexity index is 856. The largest absolute Gasteiger partial charge is 0.344 e. The number of nitrogens with zero attached hydrogens (tertiary/aromatic N) is 4. The van der Waals surface area contributed by atoms with Crippen molar-refractivity contribution in [3.63, 3.8) is 0 Å². The molecule has 2 N–H and O–H groups in total. The molecule has 0 radical (unpaired) electrons. The van der Waals surface area contributed by atoms with E-state index in [9.17, 15) is 14.4 Å². The van der Waals surface area contributed by atoms with Crippen molar-refractivity contribution in [2.24, 2.45) is 0 Å². The molecule has 2 fully saturated rings. The monoisotopic (exact) mass is 354 g/mol. The van der Waals surface area contributed by atoms with Gasteiger partial charge in [-0.05, 0) is 25.0 Å². The van der Waals surface area contributed by atoms with Gasteiger partial charge in [0.25, 0.3) is 11.8 Å². The maximum Gasteiger partial charge on any atom is 0.344 e. The third kappa shape index (κ3) is 2.71. The van der Waals surface area contributed by atoms with E-state index < -0.39 is 23.4 Å². The normalized spacial score (nSPS) is 18.8. The summed E-state index contributed by atoms with van der Waals surface area (Å²) in [7, 11) is 0. The molecule has 0 atom stereocenters. The summed E-state index contributed by atoms with van der Waals surface area (Å²) in [5.74, 6) is -1.07. The van der Waals surface area contributed by atoms with E-state index in [1.807, 2.05) is 18.2 Å². The fraction of sp³-hybridized carbons (Fsp3) is 0.353. The molecule has 4 rings (SSSR count). The molecule has 26 heavy (non-hydrogen) atoms. The summed E-state index contributed by atoms with van der Waals surface area (Å²) in [5, 5.41) is 11.6. The van der Waals surface area contributed by atoms with Crippen LogP contribution in [0.1, 0.15) is 42.6 Å². The SMILES string of the molecule is O=C(NN1C(=O)NC2(CCCCC2)C1=O)c1cnn(-c2ccccc2)n1. The third-order valence-corrected chi connectivity index (χ3v) is 4.79. The van der Waals surface area contributed by atoms with E-state index in [0.717, 1.165) is 24.3 Å². The summed E-state index contributed by atoms with van der Waals surface area (Å²) in [5.41, 5.74) is 2.17. The van der Waals surface area contributed by atoms with Crippen molar-refractivity contribution in [3.05, 3.63) is 42.2 Å². The highest BCUT2D eigenvalue weighted by atomic mass is 16.2. The zero-order chi connectivity index (χ0) is 18.1. The Morgan fingerprint density at radius 1 is 1.12 bits per heavy atom. The first-order valence-electron chi connectivity index (χ1n) is 8.55. The standard InChI is InChI=1S/C17H18N6O3/c24-14(13-11-18-23(20-13)12-7-3-1-4-8-12)21-22-15(25)17(19-16(22)26)9-5-2-6-10-17/h1,3-4,7-8,11H,2,5-6,9-10H2,(H,19,26)(H,21,24). The fourth-order valence-electron chi connectivity index (χ4n) is 3.43. The Morgan fingerprint density at radius 3 is 2.58 bits per heavy atom. The molecule has 9 nitrogen and oxygen atoms in total. The molecular formula is C17H18N6O3. The molecule has 1 saturated carbocycles. The summed E-state index contributed by atoms with van der Waals surface area (Å²) < 4.78 is 0. The maximum absolute atomic E-state index is 12.7. The van der Waals surface area contributed by atoms with Gasteiger partial charge in [-0.2, -0.15) is 14.9 Å². The predicted octanol–water partition coefficient (Wildman–Crippen LogP) is 1.17. The Hall–Kier alpha value is -3.23. The number of carbonyl (C=O) groups excluding carboxylic acids is 3. The van der Waals surface area contributed by atoms with Crippen LogP contribution in [0.15, 0.2) is 36.5 Å².